The minimum absolute atomic E-state index is 0.202. The van der Waals surface area contributed by atoms with Crippen LogP contribution in [0.5, 0.6) is 0 Å². The normalized spacial score (nSPS) is 22.2. The van der Waals surface area contributed by atoms with E-state index in [-0.39, 0.29) is 12.0 Å². The molecule has 17 heavy (non-hydrogen) atoms. The van der Waals surface area contributed by atoms with Gasteiger partial charge < -0.3 is 9.47 Å². The molecule has 0 aromatic carbocycles. The van der Waals surface area contributed by atoms with Gasteiger partial charge in [-0.3, -0.25) is 4.90 Å². The second-order valence-corrected chi connectivity index (χ2v) is 5.48. The van der Waals surface area contributed by atoms with E-state index in [4.69, 9.17) is 9.47 Å². The van der Waals surface area contributed by atoms with Crippen LogP contribution in [0.15, 0.2) is 11.6 Å². The summed E-state index contributed by atoms with van der Waals surface area (Å²) in [6.07, 6.45) is 2.64. The molecule has 4 nitrogen and oxygen atoms in total. The number of ether oxygens (including phenoxy) is 2. The molecule has 0 aromatic rings. The second-order valence-electron chi connectivity index (χ2n) is 5.48. The highest BCUT2D eigenvalue weighted by Crippen LogP contribution is 2.20. The zero-order valence-electron chi connectivity index (χ0n) is 11.4. The number of rotatable bonds is 3. The summed E-state index contributed by atoms with van der Waals surface area (Å²) in [5.74, 6) is -0.202. The van der Waals surface area contributed by atoms with Gasteiger partial charge in [0, 0.05) is 25.3 Å². The van der Waals surface area contributed by atoms with Crippen LogP contribution >= 0.6 is 0 Å². The van der Waals surface area contributed by atoms with E-state index in [0.29, 0.717) is 13.0 Å². The molecule has 1 rings (SSSR count). The van der Waals surface area contributed by atoms with Gasteiger partial charge in [-0.2, -0.15) is 0 Å². The molecular formula is C13H23NO3. The van der Waals surface area contributed by atoms with Crippen molar-refractivity contribution in [2.24, 2.45) is 0 Å². The zero-order valence-corrected chi connectivity index (χ0v) is 11.4. The molecule has 98 valence electrons. The summed E-state index contributed by atoms with van der Waals surface area (Å²) in [4.78, 5) is 14.1. The number of hydrogen-bond donors (Lipinski definition) is 0. The smallest absolute Gasteiger partial charge is 0.334 e. The minimum Gasteiger partial charge on any atom is -0.457 e. The first-order valence-electron chi connectivity index (χ1n) is 5.95. The van der Waals surface area contributed by atoms with Crippen molar-refractivity contribution >= 4 is 5.97 Å². The molecule has 0 bridgehead atoms. The van der Waals surface area contributed by atoms with Gasteiger partial charge in [0.25, 0.3) is 0 Å². The van der Waals surface area contributed by atoms with Crippen molar-refractivity contribution in [3.05, 3.63) is 11.6 Å². The van der Waals surface area contributed by atoms with E-state index >= 15 is 0 Å². The van der Waals surface area contributed by atoms with E-state index < -0.39 is 5.60 Å². The first-order valence-corrected chi connectivity index (χ1v) is 5.95. The van der Waals surface area contributed by atoms with E-state index in [2.05, 4.69) is 4.90 Å². The Morgan fingerprint density at radius 1 is 1.53 bits per heavy atom. The van der Waals surface area contributed by atoms with Crippen molar-refractivity contribution in [3.63, 3.8) is 0 Å². The average Bonchev–Trinajstić information content (AvgIpc) is 2.19. The number of esters is 1. The van der Waals surface area contributed by atoms with Gasteiger partial charge in [0.1, 0.15) is 5.60 Å². The summed E-state index contributed by atoms with van der Waals surface area (Å²) in [5, 5.41) is 0. The van der Waals surface area contributed by atoms with Crippen LogP contribution in [0.1, 0.15) is 27.2 Å². The van der Waals surface area contributed by atoms with Crippen LogP contribution in [0, 0.1) is 0 Å². The van der Waals surface area contributed by atoms with Crippen molar-refractivity contribution < 1.29 is 14.3 Å². The van der Waals surface area contributed by atoms with Crippen LogP contribution in [0.3, 0.4) is 0 Å². The van der Waals surface area contributed by atoms with Crippen LogP contribution in [0.4, 0.5) is 0 Å². The maximum absolute atomic E-state index is 11.9. The quantitative estimate of drug-likeness (QED) is 0.704. The fourth-order valence-corrected chi connectivity index (χ4v) is 1.79. The fraction of sp³-hybridized carbons (Fsp3) is 0.769. The highest BCUT2D eigenvalue weighted by molar-refractivity contribution is 5.89. The predicted octanol–water partition coefficient (Wildman–Crippen LogP) is 1.61. The molecular weight excluding hydrogens is 218 g/mol. The summed E-state index contributed by atoms with van der Waals surface area (Å²) in [6, 6.07) is 0.257. The van der Waals surface area contributed by atoms with E-state index in [1.54, 1.807) is 7.11 Å². The molecule has 0 radical (unpaired) electrons. The Morgan fingerprint density at radius 3 is 2.71 bits per heavy atom. The molecule has 0 unspecified atom stereocenters. The summed E-state index contributed by atoms with van der Waals surface area (Å²) in [5.41, 5.74) is 0.331. The van der Waals surface area contributed by atoms with Crippen molar-refractivity contribution in [2.45, 2.75) is 38.8 Å². The summed E-state index contributed by atoms with van der Waals surface area (Å²) < 4.78 is 10.5. The predicted molar refractivity (Wildman–Crippen MR) is 66.8 cm³/mol. The zero-order chi connectivity index (χ0) is 13.1. The Labute approximate surface area is 104 Å². The molecule has 0 N–H and O–H groups in total. The van der Waals surface area contributed by atoms with Gasteiger partial charge in [-0.15, -0.1) is 0 Å². The lowest BCUT2D eigenvalue weighted by atomic mass is 10.0. The van der Waals surface area contributed by atoms with Crippen molar-refractivity contribution in [2.75, 3.05) is 27.3 Å². The molecule has 0 amide bonds. The summed E-state index contributed by atoms with van der Waals surface area (Å²) in [6.45, 7) is 7.05. The first-order chi connectivity index (χ1) is 7.83. The maximum atomic E-state index is 11.9. The van der Waals surface area contributed by atoms with Gasteiger partial charge in [0.15, 0.2) is 0 Å². The van der Waals surface area contributed by atoms with Crippen LogP contribution < -0.4 is 0 Å². The third-order valence-electron chi connectivity index (χ3n) is 2.72. The molecule has 4 heteroatoms. The molecule has 0 saturated carbocycles. The van der Waals surface area contributed by atoms with E-state index in [1.165, 1.54) is 0 Å². The Hall–Kier alpha value is -0.870. The number of hydrogen-bond acceptors (Lipinski definition) is 4. The third-order valence-corrected chi connectivity index (χ3v) is 2.72. The summed E-state index contributed by atoms with van der Waals surface area (Å²) >= 11 is 0. The lowest BCUT2D eigenvalue weighted by molar-refractivity contribution is -0.150. The van der Waals surface area contributed by atoms with Crippen molar-refractivity contribution in [1.29, 1.82) is 0 Å². The standard InChI is InChI=1S/C13H23NO3/c1-13(2,3)17-12(15)10-6-7-14(4)11(8-10)9-16-5/h6,11H,7-9H2,1-5H3/t11-/m0/s1. The molecule has 0 fully saturated rings. The van der Waals surface area contributed by atoms with Gasteiger partial charge in [-0.1, -0.05) is 6.08 Å². The van der Waals surface area contributed by atoms with Gasteiger partial charge >= 0.3 is 5.97 Å². The lowest BCUT2D eigenvalue weighted by Gasteiger charge is -2.31. The Morgan fingerprint density at radius 2 is 2.18 bits per heavy atom. The van der Waals surface area contributed by atoms with Gasteiger partial charge in [-0.05, 0) is 34.2 Å². The highest BCUT2D eigenvalue weighted by Gasteiger charge is 2.27. The van der Waals surface area contributed by atoms with Gasteiger partial charge in [0.2, 0.25) is 0 Å². The second kappa shape index (κ2) is 5.65. The maximum Gasteiger partial charge on any atom is 0.334 e. The largest absolute Gasteiger partial charge is 0.457 e. The Bertz CT molecular complexity index is 304. The Balaban J connectivity index is 2.63. The summed E-state index contributed by atoms with van der Waals surface area (Å²) in [7, 11) is 3.71. The molecule has 1 aliphatic heterocycles. The van der Waals surface area contributed by atoms with Crippen molar-refractivity contribution in [1.82, 2.24) is 4.90 Å². The molecule has 1 atom stereocenters. The van der Waals surface area contributed by atoms with E-state index in [0.717, 1.165) is 12.1 Å². The van der Waals surface area contributed by atoms with Crippen LogP contribution in [-0.4, -0.2) is 49.8 Å². The molecule has 0 saturated heterocycles. The molecule has 1 heterocycles. The van der Waals surface area contributed by atoms with Gasteiger partial charge in [0.05, 0.1) is 6.61 Å². The minimum atomic E-state index is -0.433. The highest BCUT2D eigenvalue weighted by atomic mass is 16.6. The van der Waals surface area contributed by atoms with Crippen LogP contribution in [0.25, 0.3) is 0 Å². The third kappa shape index (κ3) is 4.48. The Kier molecular flexibility index (Phi) is 4.71. The molecule has 0 spiro atoms. The lowest BCUT2D eigenvalue weighted by Crippen LogP contribution is -2.40. The topological polar surface area (TPSA) is 38.8 Å². The van der Waals surface area contributed by atoms with Gasteiger partial charge in [-0.25, -0.2) is 4.79 Å². The van der Waals surface area contributed by atoms with Crippen molar-refractivity contribution in [3.8, 4) is 0 Å². The fourth-order valence-electron chi connectivity index (χ4n) is 1.79. The molecule has 1 aliphatic rings. The SMILES string of the molecule is COC[C@@H]1CC(C(=O)OC(C)(C)C)=CCN1C. The number of likely N-dealkylation sites (N-methyl/N-ethyl adjacent to an activating group) is 1. The van der Waals surface area contributed by atoms with E-state index in [1.807, 2.05) is 33.9 Å². The first kappa shape index (κ1) is 14.2. The average molecular weight is 241 g/mol. The number of methoxy groups -OCH3 is 1. The van der Waals surface area contributed by atoms with Crippen LogP contribution in [-0.2, 0) is 14.3 Å². The number of carbonyl (C=O) groups is 1. The molecule has 0 aromatic heterocycles. The number of carbonyl (C=O) groups excluding carboxylic acids is 1. The number of nitrogens with zero attached hydrogens (tertiary/aromatic N) is 1. The van der Waals surface area contributed by atoms with Crippen LogP contribution in [0.2, 0.25) is 0 Å². The monoisotopic (exact) mass is 241 g/mol. The van der Waals surface area contributed by atoms with E-state index in [9.17, 15) is 4.79 Å². The molecule has 0 aliphatic carbocycles.